The van der Waals surface area contributed by atoms with E-state index in [0.29, 0.717) is 13.0 Å². The van der Waals surface area contributed by atoms with Crippen LogP contribution in [0.25, 0.3) is 0 Å². The van der Waals surface area contributed by atoms with Gasteiger partial charge in [0.15, 0.2) is 0 Å². The summed E-state index contributed by atoms with van der Waals surface area (Å²) in [6.07, 6.45) is 3.20. The average Bonchev–Trinajstić information content (AvgIpc) is 2.49. The fourth-order valence-electron chi connectivity index (χ4n) is 2.74. The van der Waals surface area contributed by atoms with Crippen LogP contribution in [0.1, 0.15) is 11.1 Å². The van der Waals surface area contributed by atoms with Gasteiger partial charge in [-0.15, -0.1) is 0 Å². The quantitative estimate of drug-likeness (QED) is 0.872. The van der Waals surface area contributed by atoms with Crippen molar-refractivity contribution in [3.8, 4) is 0 Å². The number of nitrogens with zero attached hydrogens (tertiary/aromatic N) is 2. The van der Waals surface area contributed by atoms with Crippen LogP contribution in [0.4, 0.5) is 10.2 Å². The Bertz CT molecular complexity index is 644. The number of hydrogen-bond acceptors (Lipinski definition) is 4. The van der Waals surface area contributed by atoms with Gasteiger partial charge in [0.25, 0.3) is 0 Å². The number of benzene rings is 1. The average molecular weight is 285 g/mol. The van der Waals surface area contributed by atoms with E-state index in [-0.39, 0.29) is 11.9 Å². The second-order valence-electron chi connectivity index (χ2n) is 5.24. The van der Waals surface area contributed by atoms with Crippen LogP contribution in [-0.2, 0) is 17.8 Å². The summed E-state index contributed by atoms with van der Waals surface area (Å²) >= 11 is 0. The Labute approximate surface area is 122 Å². The number of halogens is 1. The van der Waals surface area contributed by atoms with Crippen LogP contribution in [0, 0.1) is 5.82 Å². The van der Waals surface area contributed by atoms with Crippen molar-refractivity contribution in [2.45, 2.75) is 25.0 Å². The number of aldehydes is 1. The van der Waals surface area contributed by atoms with Crippen molar-refractivity contribution in [2.24, 2.45) is 5.73 Å². The Morgan fingerprint density at radius 1 is 1.33 bits per heavy atom. The lowest BCUT2D eigenvalue weighted by Gasteiger charge is -2.38. The second kappa shape index (κ2) is 5.61. The molecule has 4 nitrogen and oxygen atoms in total. The number of carbonyl (C=O) groups is 1. The summed E-state index contributed by atoms with van der Waals surface area (Å²) in [6.45, 7) is 0.474. The minimum atomic E-state index is -0.419. The van der Waals surface area contributed by atoms with Crippen LogP contribution >= 0.6 is 0 Å². The highest BCUT2D eigenvalue weighted by Crippen LogP contribution is 2.28. The van der Waals surface area contributed by atoms with E-state index in [9.17, 15) is 9.18 Å². The molecule has 0 amide bonds. The van der Waals surface area contributed by atoms with Gasteiger partial charge in [-0.3, -0.25) is 0 Å². The van der Waals surface area contributed by atoms with E-state index in [0.717, 1.165) is 23.2 Å². The van der Waals surface area contributed by atoms with Crippen LogP contribution in [0.5, 0.6) is 0 Å². The molecule has 0 saturated heterocycles. The molecule has 0 spiro atoms. The Kier molecular flexibility index (Phi) is 3.66. The summed E-state index contributed by atoms with van der Waals surface area (Å²) in [4.78, 5) is 17.7. The lowest BCUT2D eigenvalue weighted by molar-refractivity contribution is -0.109. The van der Waals surface area contributed by atoms with E-state index >= 15 is 0 Å². The number of fused-ring (bicyclic) bond motifs is 1. The van der Waals surface area contributed by atoms with E-state index in [1.165, 1.54) is 12.1 Å². The number of carbonyl (C=O) groups excluding carboxylic acids is 1. The maximum absolute atomic E-state index is 13.0. The van der Waals surface area contributed by atoms with Crippen molar-refractivity contribution in [1.29, 1.82) is 0 Å². The van der Waals surface area contributed by atoms with Crippen LogP contribution in [0.15, 0.2) is 42.6 Å². The smallest absolute Gasteiger partial charge is 0.144 e. The van der Waals surface area contributed by atoms with Gasteiger partial charge in [0, 0.05) is 18.8 Å². The van der Waals surface area contributed by atoms with E-state index in [4.69, 9.17) is 5.73 Å². The third kappa shape index (κ3) is 2.64. The van der Waals surface area contributed by atoms with Gasteiger partial charge in [0.1, 0.15) is 24.0 Å². The normalized spacial score (nSPS) is 21.0. The molecule has 2 N–H and O–H groups in total. The highest BCUT2D eigenvalue weighted by Gasteiger charge is 2.32. The molecule has 1 aromatic heterocycles. The standard InChI is InChI=1S/C16H16FN3O/c17-13-5-3-11(4-6-13)9-20-15(10-21)14(18)8-12-2-1-7-19-16(12)20/h1-7,10,14-15H,8-9,18H2. The molecule has 5 heteroatoms. The monoisotopic (exact) mass is 285 g/mol. The summed E-state index contributed by atoms with van der Waals surface area (Å²) in [7, 11) is 0. The molecule has 0 fully saturated rings. The Morgan fingerprint density at radius 2 is 2.10 bits per heavy atom. The predicted octanol–water partition coefficient (Wildman–Crippen LogP) is 1.68. The minimum Gasteiger partial charge on any atom is -0.341 e. The van der Waals surface area contributed by atoms with E-state index < -0.39 is 6.04 Å². The number of pyridine rings is 1. The molecule has 0 radical (unpaired) electrons. The number of rotatable bonds is 3. The van der Waals surface area contributed by atoms with E-state index in [2.05, 4.69) is 4.98 Å². The molecule has 3 rings (SSSR count). The van der Waals surface area contributed by atoms with Crippen molar-refractivity contribution in [2.75, 3.05) is 4.90 Å². The molecule has 2 atom stereocenters. The first-order valence-corrected chi connectivity index (χ1v) is 6.85. The first-order valence-electron chi connectivity index (χ1n) is 6.85. The molecule has 0 saturated carbocycles. The molecule has 21 heavy (non-hydrogen) atoms. The summed E-state index contributed by atoms with van der Waals surface area (Å²) in [5.74, 6) is 0.500. The second-order valence-corrected chi connectivity index (χ2v) is 5.24. The lowest BCUT2D eigenvalue weighted by atomic mass is 9.94. The molecule has 2 heterocycles. The van der Waals surface area contributed by atoms with Crippen molar-refractivity contribution in [3.05, 3.63) is 59.5 Å². The molecule has 1 aliphatic heterocycles. The number of nitrogens with two attached hydrogens (primary N) is 1. The summed E-state index contributed by atoms with van der Waals surface area (Å²) in [5.41, 5.74) is 8.06. The summed E-state index contributed by atoms with van der Waals surface area (Å²) in [5, 5.41) is 0. The van der Waals surface area contributed by atoms with Crippen LogP contribution in [-0.4, -0.2) is 23.4 Å². The number of aromatic nitrogens is 1. The third-order valence-corrected chi connectivity index (χ3v) is 3.80. The number of hydrogen-bond donors (Lipinski definition) is 1. The molecule has 1 aromatic carbocycles. The van der Waals surface area contributed by atoms with Gasteiger partial charge in [-0.1, -0.05) is 18.2 Å². The van der Waals surface area contributed by atoms with Gasteiger partial charge in [0.05, 0.1) is 0 Å². The molecule has 0 bridgehead atoms. The Morgan fingerprint density at radius 3 is 2.81 bits per heavy atom. The maximum Gasteiger partial charge on any atom is 0.144 e. The summed E-state index contributed by atoms with van der Waals surface area (Å²) < 4.78 is 13.0. The van der Waals surface area contributed by atoms with Crippen LogP contribution in [0.2, 0.25) is 0 Å². The Hall–Kier alpha value is -2.27. The van der Waals surface area contributed by atoms with Crippen molar-refractivity contribution in [3.63, 3.8) is 0 Å². The fourth-order valence-corrected chi connectivity index (χ4v) is 2.74. The van der Waals surface area contributed by atoms with Gasteiger partial charge in [0.2, 0.25) is 0 Å². The van der Waals surface area contributed by atoms with Crippen molar-refractivity contribution in [1.82, 2.24) is 4.98 Å². The molecule has 108 valence electrons. The van der Waals surface area contributed by atoms with Gasteiger partial charge in [-0.25, -0.2) is 9.37 Å². The van der Waals surface area contributed by atoms with Gasteiger partial charge >= 0.3 is 0 Å². The zero-order valence-electron chi connectivity index (χ0n) is 11.4. The highest BCUT2D eigenvalue weighted by atomic mass is 19.1. The number of anilines is 1. The van der Waals surface area contributed by atoms with Crippen molar-refractivity contribution < 1.29 is 9.18 Å². The molecule has 0 aliphatic carbocycles. The fraction of sp³-hybridized carbons (Fsp3) is 0.250. The van der Waals surface area contributed by atoms with E-state index in [1.54, 1.807) is 18.3 Å². The molecular formula is C16H16FN3O. The van der Waals surface area contributed by atoms with Gasteiger partial charge in [-0.05, 0) is 35.7 Å². The SMILES string of the molecule is NC1Cc2cccnc2N(Cc2ccc(F)cc2)C1C=O. The van der Waals surface area contributed by atoms with Crippen molar-refractivity contribution >= 4 is 12.1 Å². The molecule has 2 aromatic rings. The molecular weight excluding hydrogens is 269 g/mol. The molecule has 2 unspecified atom stereocenters. The van der Waals surface area contributed by atoms with E-state index in [1.807, 2.05) is 17.0 Å². The predicted molar refractivity (Wildman–Crippen MR) is 78.4 cm³/mol. The zero-order valence-corrected chi connectivity index (χ0v) is 11.4. The lowest BCUT2D eigenvalue weighted by Crippen LogP contribution is -2.53. The maximum atomic E-state index is 13.0. The largest absolute Gasteiger partial charge is 0.341 e. The van der Waals surface area contributed by atoms with Crippen LogP contribution in [0.3, 0.4) is 0 Å². The first-order chi connectivity index (χ1) is 10.2. The van der Waals surface area contributed by atoms with Crippen LogP contribution < -0.4 is 10.6 Å². The minimum absolute atomic E-state index is 0.264. The topological polar surface area (TPSA) is 59.2 Å². The van der Waals surface area contributed by atoms with Gasteiger partial charge in [-0.2, -0.15) is 0 Å². The summed E-state index contributed by atoms with van der Waals surface area (Å²) in [6, 6.07) is 9.39. The first kappa shape index (κ1) is 13.7. The Balaban J connectivity index is 1.96. The molecule has 1 aliphatic rings. The highest BCUT2D eigenvalue weighted by molar-refractivity contribution is 5.69. The third-order valence-electron chi connectivity index (χ3n) is 3.80. The van der Waals surface area contributed by atoms with Gasteiger partial charge < -0.3 is 15.4 Å². The zero-order chi connectivity index (χ0) is 14.8.